The summed E-state index contributed by atoms with van der Waals surface area (Å²) in [4.78, 5) is 12.2. The van der Waals surface area contributed by atoms with E-state index in [-0.39, 0.29) is 5.91 Å². The summed E-state index contributed by atoms with van der Waals surface area (Å²) < 4.78 is 5.13. The largest absolute Gasteiger partial charge is 0.495 e. The van der Waals surface area contributed by atoms with Gasteiger partial charge in [0, 0.05) is 12.1 Å². The first-order chi connectivity index (χ1) is 10.2. The van der Waals surface area contributed by atoms with E-state index in [4.69, 9.17) is 16.3 Å². The van der Waals surface area contributed by atoms with E-state index in [0.29, 0.717) is 27.9 Å². The first-order valence-electron chi connectivity index (χ1n) is 6.84. The zero-order chi connectivity index (χ0) is 14.8. The number of aromatic amines is 1. The Morgan fingerprint density at radius 3 is 3.00 bits per heavy atom. The third-order valence-electron chi connectivity index (χ3n) is 3.57. The number of rotatable bonds is 5. The van der Waals surface area contributed by atoms with Crippen LogP contribution in [0.25, 0.3) is 11.3 Å². The normalized spacial score (nSPS) is 14.0. The Bertz CT molecular complexity index is 665. The fourth-order valence-electron chi connectivity index (χ4n) is 2.15. The Kier molecular flexibility index (Phi) is 3.84. The molecular formula is C15H16ClN3O2. The van der Waals surface area contributed by atoms with E-state index in [1.807, 2.05) is 6.07 Å². The van der Waals surface area contributed by atoms with Crippen molar-refractivity contribution in [3.8, 4) is 17.0 Å². The number of carbonyl (C=O) groups is 1. The summed E-state index contributed by atoms with van der Waals surface area (Å²) >= 11 is 6.13. The highest BCUT2D eigenvalue weighted by Crippen LogP contribution is 2.31. The van der Waals surface area contributed by atoms with Crippen molar-refractivity contribution in [2.45, 2.75) is 12.8 Å². The van der Waals surface area contributed by atoms with Gasteiger partial charge in [-0.3, -0.25) is 9.89 Å². The van der Waals surface area contributed by atoms with Crippen LogP contribution in [-0.4, -0.2) is 29.8 Å². The SMILES string of the molecule is COc1ccc(-c2[nH]ncc2C(=O)NCC2CC2)cc1Cl. The molecule has 6 heteroatoms. The van der Waals surface area contributed by atoms with Crippen molar-refractivity contribution in [3.63, 3.8) is 0 Å². The molecule has 110 valence electrons. The lowest BCUT2D eigenvalue weighted by molar-refractivity contribution is 0.0952. The zero-order valence-electron chi connectivity index (χ0n) is 11.6. The minimum atomic E-state index is -0.113. The summed E-state index contributed by atoms with van der Waals surface area (Å²) in [5, 5.41) is 10.3. The van der Waals surface area contributed by atoms with E-state index in [1.54, 1.807) is 19.2 Å². The molecule has 1 aliphatic rings. The molecule has 0 spiro atoms. The molecule has 2 aromatic rings. The summed E-state index contributed by atoms with van der Waals surface area (Å²) in [7, 11) is 1.56. The topological polar surface area (TPSA) is 67.0 Å². The molecule has 0 atom stereocenters. The van der Waals surface area contributed by atoms with Crippen molar-refractivity contribution < 1.29 is 9.53 Å². The van der Waals surface area contributed by atoms with Crippen LogP contribution >= 0.6 is 11.6 Å². The third-order valence-corrected chi connectivity index (χ3v) is 3.87. The standard InChI is InChI=1S/C15H16ClN3O2/c1-21-13-5-4-10(6-12(13)16)14-11(8-18-19-14)15(20)17-7-9-2-3-9/h4-6,8-9H,2-3,7H2,1H3,(H,17,20)(H,18,19). The molecule has 0 radical (unpaired) electrons. The average Bonchev–Trinajstić information content (AvgIpc) is 3.19. The number of halogens is 1. The summed E-state index contributed by atoms with van der Waals surface area (Å²) in [5.41, 5.74) is 1.99. The van der Waals surface area contributed by atoms with Crippen LogP contribution < -0.4 is 10.1 Å². The summed E-state index contributed by atoms with van der Waals surface area (Å²) in [6.07, 6.45) is 3.94. The number of carbonyl (C=O) groups excluding carboxylic acids is 1. The lowest BCUT2D eigenvalue weighted by Gasteiger charge is -2.07. The van der Waals surface area contributed by atoms with Crippen molar-refractivity contribution in [2.24, 2.45) is 5.92 Å². The van der Waals surface area contributed by atoms with E-state index in [1.165, 1.54) is 19.0 Å². The molecular weight excluding hydrogens is 290 g/mol. The van der Waals surface area contributed by atoms with Crippen molar-refractivity contribution in [1.82, 2.24) is 15.5 Å². The van der Waals surface area contributed by atoms with Gasteiger partial charge in [-0.25, -0.2) is 0 Å². The first-order valence-corrected chi connectivity index (χ1v) is 7.22. The van der Waals surface area contributed by atoms with Crippen LogP contribution in [0, 0.1) is 5.92 Å². The van der Waals surface area contributed by atoms with Crippen LogP contribution in [0.4, 0.5) is 0 Å². The van der Waals surface area contributed by atoms with Crippen LogP contribution in [0.5, 0.6) is 5.75 Å². The van der Waals surface area contributed by atoms with Crippen LogP contribution in [0.2, 0.25) is 5.02 Å². The molecule has 1 saturated carbocycles. The maximum Gasteiger partial charge on any atom is 0.255 e. The highest BCUT2D eigenvalue weighted by Gasteiger charge is 2.23. The number of amides is 1. The Balaban J connectivity index is 1.83. The highest BCUT2D eigenvalue weighted by atomic mass is 35.5. The van der Waals surface area contributed by atoms with Crippen LogP contribution in [0.1, 0.15) is 23.2 Å². The van der Waals surface area contributed by atoms with Crippen molar-refractivity contribution in [3.05, 3.63) is 35.0 Å². The van der Waals surface area contributed by atoms with Gasteiger partial charge in [-0.2, -0.15) is 5.10 Å². The molecule has 0 bridgehead atoms. The monoisotopic (exact) mass is 305 g/mol. The molecule has 2 N–H and O–H groups in total. The van der Waals surface area contributed by atoms with Gasteiger partial charge in [-0.15, -0.1) is 0 Å². The Labute approximate surface area is 127 Å². The van der Waals surface area contributed by atoms with Crippen LogP contribution in [-0.2, 0) is 0 Å². The molecule has 21 heavy (non-hydrogen) atoms. The number of hydrogen-bond acceptors (Lipinski definition) is 3. The molecule has 3 rings (SSSR count). The van der Waals surface area contributed by atoms with Crippen LogP contribution in [0.3, 0.4) is 0 Å². The smallest absolute Gasteiger partial charge is 0.255 e. The minimum absolute atomic E-state index is 0.113. The molecule has 1 aromatic heterocycles. The molecule has 0 aliphatic heterocycles. The van der Waals surface area contributed by atoms with E-state index in [9.17, 15) is 4.79 Å². The Morgan fingerprint density at radius 1 is 1.52 bits per heavy atom. The second kappa shape index (κ2) is 5.77. The molecule has 1 heterocycles. The van der Waals surface area contributed by atoms with Crippen molar-refractivity contribution in [1.29, 1.82) is 0 Å². The summed E-state index contributed by atoms with van der Waals surface area (Å²) in [5.74, 6) is 1.12. The van der Waals surface area contributed by atoms with Gasteiger partial charge in [0.25, 0.3) is 5.91 Å². The van der Waals surface area contributed by atoms with Gasteiger partial charge in [0.2, 0.25) is 0 Å². The van der Waals surface area contributed by atoms with E-state index in [0.717, 1.165) is 12.1 Å². The molecule has 0 unspecified atom stereocenters. The number of nitrogens with zero attached hydrogens (tertiary/aromatic N) is 1. The van der Waals surface area contributed by atoms with Crippen LogP contribution in [0.15, 0.2) is 24.4 Å². The lowest BCUT2D eigenvalue weighted by atomic mass is 10.1. The number of nitrogens with one attached hydrogen (secondary N) is 2. The van der Waals surface area contributed by atoms with Gasteiger partial charge in [0.15, 0.2) is 0 Å². The fraction of sp³-hybridized carbons (Fsp3) is 0.333. The predicted octanol–water partition coefficient (Wildman–Crippen LogP) is 2.88. The second-order valence-electron chi connectivity index (χ2n) is 5.16. The number of methoxy groups -OCH3 is 1. The molecule has 1 fully saturated rings. The molecule has 1 aromatic carbocycles. The summed E-state index contributed by atoms with van der Waals surface area (Å²) in [6.45, 7) is 0.729. The van der Waals surface area contributed by atoms with Crippen molar-refractivity contribution in [2.75, 3.05) is 13.7 Å². The maximum atomic E-state index is 12.2. The number of hydrogen-bond donors (Lipinski definition) is 2. The first kappa shape index (κ1) is 13.9. The van der Waals surface area contributed by atoms with E-state index in [2.05, 4.69) is 15.5 Å². The van der Waals surface area contributed by atoms with Gasteiger partial charge in [-0.1, -0.05) is 11.6 Å². The van der Waals surface area contributed by atoms with Gasteiger partial charge in [0.1, 0.15) is 5.75 Å². The third kappa shape index (κ3) is 3.03. The lowest BCUT2D eigenvalue weighted by Crippen LogP contribution is -2.25. The van der Waals surface area contributed by atoms with Gasteiger partial charge in [-0.05, 0) is 37.0 Å². The predicted molar refractivity (Wildman–Crippen MR) is 80.6 cm³/mol. The number of benzene rings is 1. The molecule has 5 nitrogen and oxygen atoms in total. The number of H-pyrrole nitrogens is 1. The Hall–Kier alpha value is -2.01. The maximum absolute atomic E-state index is 12.2. The summed E-state index contributed by atoms with van der Waals surface area (Å²) in [6, 6.07) is 5.37. The number of ether oxygens (including phenoxy) is 1. The molecule has 1 amide bonds. The van der Waals surface area contributed by atoms with Crippen molar-refractivity contribution >= 4 is 17.5 Å². The van der Waals surface area contributed by atoms with Gasteiger partial charge < -0.3 is 10.1 Å². The zero-order valence-corrected chi connectivity index (χ0v) is 12.4. The molecule has 1 aliphatic carbocycles. The number of aromatic nitrogens is 2. The van der Waals surface area contributed by atoms with Gasteiger partial charge in [0.05, 0.1) is 29.6 Å². The minimum Gasteiger partial charge on any atom is -0.495 e. The molecule has 0 saturated heterocycles. The quantitative estimate of drug-likeness (QED) is 0.892. The second-order valence-corrected chi connectivity index (χ2v) is 5.57. The Morgan fingerprint density at radius 2 is 2.33 bits per heavy atom. The van der Waals surface area contributed by atoms with E-state index < -0.39 is 0 Å². The average molecular weight is 306 g/mol. The van der Waals surface area contributed by atoms with Gasteiger partial charge >= 0.3 is 0 Å². The highest BCUT2D eigenvalue weighted by molar-refractivity contribution is 6.32. The fourth-order valence-corrected chi connectivity index (χ4v) is 2.41. The van der Waals surface area contributed by atoms with E-state index >= 15 is 0 Å².